The second kappa shape index (κ2) is 6.14. The van der Waals surface area contributed by atoms with E-state index in [0.717, 1.165) is 5.56 Å². The molecule has 0 fully saturated rings. The fraction of sp³-hybridized carbons (Fsp3) is 0.400. The van der Waals surface area contributed by atoms with E-state index >= 15 is 0 Å². The van der Waals surface area contributed by atoms with Gasteiger partial charge in [0.05, 0.1) is 0 Å². The summed E-state index contributed by atoms with van der Waals surface area (Å²) >= 11 is 0. The standard InChI is InChI=1S/C9H11F.CHF3O3S/c1-7(2)8-5-3-4-6-9(8)10;2-1(3,4)8(5,6)7/h3-7H,1-2H3;(H,5,6,7). The molecule has 8 heteroatoms. The van der Waals surface area contributed by atoms with E-state index in [2.05, 4.69) is 0 Å². The second-order valence-electron chi connectivity index (χ2n) is 3.60. The van der Waals surface area contributed by atoms with Gasteiger partial charge in [-0.05, 0) is 17.5 Å². The number of rotatable bonds is 1. The lowest BCUT2D eigenvalue weighted by Crippen LogP contribution is -2.21. The minimum Gasteiger partial charge on any atom is -0.279 e. The smallest absolute Gasteiger partial charge is 0.279 e. The van der Waals surface area contributed by atoms with Crippen molar-refractivity contribution in [2.75, 3.05) is 0 Å². The van der Waals surface area contributed by atoms with Crippen LogP contribution in [0.25, 0.3) is 0 Å². The van der Waals surface area contributed by atoms with Gasteiger partial charge in [-0.25, -0.2) is 4.39 Å². The van der Waals surface area contributed by atoms with Crippen molar-refractivity contribution in [2.24, 2.45) is 0 Å². The summed E-state index contributed by atoms with van der Waals surface area (Å²) in [6, 6.07) is 6.88. The Bertz CT molecular complexity index is 480. The van der Waals surface area contributed by atoms with Crippen LogP contribution in [0.1, 0.15) is 25.3 Å². The maximum absolute atomic E-state index is 12.8. The van der Waals surface area contributed by atoms with Crippen LogP contribution in [0.15, 0.2) is 24.3 Å². The third-order valence-electron chi connectivity index (χ3n) is 1.82. The van der Waals surface area contributed by atoms with Gasteiger partial charge < -0.3 is 0 Å². The van der Waals surface area contributed by atoms with Gasteiger partial charge in [-0.2, -0.15) is 21.6 Å². The van der Waals surface area contributed by atoms with Crippen LogP contribution < -0.4 is 0 Å². The monoisotopic (exact) mass is 288 g/mol. The number of benzene rings is 1. The molecule has 0 aromatic heterocycles. The molecule has 0 aliphatic heterocycles. The quantitative estimate of drug-likeness (QED) is 0.490. The van der Waals surface area contributed by atoms with Gasteiger partial charge in [0, 0.05) is 0 Å². The maximum Gasteiger partial charge on any atom is 0.522 e. The lowest BCUT2D eigenvalue weighted by atomic mass is 10.0. The molecule has 0 aliphatic rings. The molecule has 18 heavy (non-hydrogen) atoms. The van der Waals surface area contributed by atoms with Crippen molar-refractivity contribution in [3.8, 4) is 0 Å². The van der Waals surface area contributed by atoms with Crippen LogP contribution in [-0.2, 0) is 10.1 Å². The molecule has 3 nitrogen and oxygen atoms in total. The van der Waals surface area contributed by atoms with Gasteiger partial charge in [-0.3, -0.25) is 4.55 Å². The van der Waals surface area contributed by atoms with Crippen LogP contribution in [-0.4, -0.2) is 18.5 Å². The minimum absolute atomic E-state index is 0.0995. The first-order valence-corrected chi connectivity index (χ1v) is 6.19. The Labute approximate surface area is 102 Å². The second-order valence-corrected chi connectivity index (χ2v) is 5.01. The number of halogens is 4. The molecule has 104 valence electrons. The van der Waals surface area contributed by atoms with Crippen molar-refractivity contribution in [3.05, 3.63) is 35.6 Å². The summed E-state index contributed by atoms with van der Waals surface area (Å²) in [5.74, 6) is 0.179. The molecule has 1 aromatic rings. The predicted molar refractivity (Wildman–Crippen MR) is 58.1 cm³/mol. The number of hydrogen-bond donors (Lipinski definition) is 1. The van der Waals surface area contributed by atoms with Crippen LogP contribution in [0.2, 0.25) is 0 Å². The van der Waals surface area contributed by atoms with Gasteiger partial charge in [0.1, 0.15) is 5.82 Å². The molecule has 0 amide bonds. The topological polar surface area (TPSA) is 54.4 Å². The average molecular weight is 288 g/mol. The van der Waals surface area contributed by atoms with E-state index in [-0.39, 0.29) is 11.7 Å². The van der Waals surface area contributed by atoms with Crippen LogP contribution in [0.3, 0.4) is 0 Å². The highest BCUT2D eigenvalue weighted by Gasteiger charge is 2.44. The SMILES string of the molecule is CC(C)c1ccccc1F.O=S(=O)(O)C(F)(F)F. The fourth-order valence-electron chi connectivity index (χ4n) is 0.943. The summed E-state index contributed by atoms with van der Waals surface area (Å²) in [6.45, 7) is 3.97. The molecule has 0 unspecified atom stereocenters. The van der Waals surface area contributed by atoms with Crippen molar-refractivity contribution in [1.29, 1.82) is 0 Å². The number of hydrogen-bond acceptors (Lipinski definition) is 2. The molecule has 0 saturated carbocycles. The molecular formula is C10H12F4O3S. The Morgan fingerprint density at radius 2 is 1.56 bits per heavy atom. The van der Waals surface area contributed by atoms with Crippen molar-refractivity contribution in [1.82, 2.24) is 0 Å². The van der Waals surface area contributed by atoms with Gasteiger partial charge in [0.25, 0.3) is 0 Å². The average Bonchev–Trinajstić information content (AvgIpc) is 2.15. The normalized spacial score (nSPS) is 12.0. The van der Waals surface area contributed by atoms with Crippen LogP contribution in [0, 0.1) is 5.82 Å². The maximum atomic E-state index is 12.8. The Kier molecular flexibility index (Phi) is 5.75. The lowest BCUT2D eigenvalue weighted by molar-refractivity contribution is -0.0510. The Morgan fingerprint density at radius 1 is 1.17 bits per heavy atom. The van der Waals surface area contributed by atoms with Crippen molar-refractivity contribution in [2.45, 2.75) is 25.3 Å². The first-order valence-electron chi connectivity index (χ1n) is 4.75. The fourth-order valence-corrected chi connectivity index (χ4v) is 0.943. The van der Waals surface area contributed by atoms with Gasteiger partial charge in [-0.1, -0.05) is 32.0 Å². The summed E-state index contributed by atoms with van der Waals surface area (Å²) in [7, 11) is -5.84. The van der Waals surface area contributed by atoms with E-state index in [4.69, 9.17) is 13.0 Å². The highest BCUT2D eigenvalue weighted by Crippen LogP contribution is 2.20. The van der Waals surface area contributed by atoms with E-state index in [1.807, 2.05) is 26.0 Å². The first-order chi connectivity index (χ1) is 7.97. The molecule has 0 atom stereocenters. The van der Waals surface area contributed by atoms with Crippen LogP contribution >= 0.6 is 0 Å². The minimum atomic E-state index is -5.84. The Balaban J connectivity index is 0.000000331. The zero-order chi connectivity index (χ0) is 14.6. The molecular weight excluding hydrogens is 276 g/mol. The molecule has 0 saturated heterocycles. The summed E-state index contributed by atoms with van der Waals surface area (Å²) in [6.07, 6.45) is 0. The lowest BCUT2D eigenvalue weighted by Gasteiger charge is -2.04. The predicted octanol–water partition coefficient (Wildman–Crippen LogP) is 3.34. The van der Waals surface area contributed by atoms with E-state index in [1.54, 1.807) is 6.07 Å². The molecule has 0 heterocycles. The summed E-state index contributed by atoms with van der Waals surface area (Å²) in [5, 5.41) is 0. The Morgan fingerprint density at radius 3 is 1.78 bits per heavy atom. The highest BCUT2D eigenvalue weighted by atomic mass is 32.2. The van der Waals surface area contributed by atoms with Crippen molar-refractivity contribution >= 4 is 10.1 Å². The first kappa shape index (κ1) is 16.9. The van der Waals surface area contributed by atoms with Crippen LogP contribution in [0.5, 0.6) is 0 Å². The van der Waals surface area contributed by atoms with Gasteiger partial charge >= 0.3 is 15.6 Å². The highest BCUT2D eigenvalue weighted by molar-refractivity contribution is 7.86. The van der Waals surface area contributed by atoms with E-state index in [0.29, 0.717) is 0 Å². The molecule has 1 rings (SSSR count). The van der Waals surface area contributed by atoms with Crippen molar-refractivity contribution < 1.29 is 30.5 Å². The van der Waals surface area contributed by atoms with Crippen molar-refractivity contribution in [3.63, 3.8) is 0 Å². The van der Waals surface area contributed by atoms with Gasteiger partial charge in [-0.15, -0.1) is 0 Å². The summed E-state index contributed by atoms with van der Waals surface area (Å²) in [4.78, 5) is 0. The third-order valence-corrected chi connectivity index (χ3v) is 2.40. The third kappa shape index (κ3) is 5.46. The molecule has 1 aromatic carbocycles. The van der Waals surface area contributed by atoms with Gasteiger partial charge in [0.2, 0.25) is 0 Å². The zero-order valence-electron chi connectivity index (χ0n) is 9.57. The van der Waals surface area contributed by atoms with E-state index in [1.165, 1.54) is 6.07 Å². The number of alkyl halides is 3. The molecule has 0 spiro atoms. The molecule has 0 aliphatic carbocycles. The molecule has 0 radical (unpaired) electrons. The zero-order valence-corrected chi connectivity index (χ0v) is 10.4. The van der Waals surface area contributed by atoms with E-state index < -0.39 is 15.6 Å². The summed E-state index contributed by atoms with van der Waals surface area (Å²) < 4.78 is 70.4. The van der Waals surface area contributed by atoms with Crippen LogP contribution in [0.4, 0.5) is 17.6 Å². The Hall–Kier alpha value is -1.15. The summed E-state index contributed by atoms with van der Waals surface area (Å²) in [5.41, 5.74) is -4.74. The largest absolute Gasteiger partial charge is 0.522 e. The van der Waals surface area contributed by atoms with Gasteiger partial charge in [0.15, 0.2) is 0 Å². The molecule has 0 bridgehead atoms. The molecule has 1 N–H and O–H groups in total. The van der Waals surface area contributed by atoms with E-state index in [9.17, 15) is 17.6 Å².